The van der Waals surface area contributed by atoms with Crippen LogP contribution < -0.4 is 54.0 Å². The van der Waals surface area contributed by atoms with E-state index < -0.39 is 34.0 Å². The second-order valence-electron chi connectivity index (χ2n) is 28.9. The Hall–Kier alpha value is -10.9. The number of rotatable bonds is 19. The first-order chi connectivity index (χ1) is 53.0. The van der Waals surface area contributed by atoms with Gasteiger partial charge in [-0.3, -0.25) is 52.9 Å². The van der Waals surface area contributed by atoms with Gasteiger partial charge in [-0.2, -0.15) is 15.0 Å². The second-order valence-corrected chi connectivity index (χ2v) is 28.9. The summed E-state index contributed by atoms with van der Waals surface area (Å²) in [6, 6.07) is 25.4. The van der Waals surface area contributed by atoms with Gasteiger partial charge in [0.25, 0.3) is 17.7 Å². The number of aromatic nitrogens is 9. The van der Waals surface area contributed by atoms with Gasteiger partial charge in [-0.1, -0.05) is 74.9 Å². The topological polar surface area (TPSA) is 347 Å². The molecule has 15 rings (SSSR count). The van der Waals surface area contributed by atoms with Crippen molar-refractivity contribution in [3.8, 4) is 0 Å². The molecule has 3 aliphatic carbocycles. The number of likely N-dealkylation sites (tertiary alicyclic amines) is 2. The molecule has 29 heteroatoms. The van der Waals surface area contributed by atoms with Gasteiger partial charge in [-0.05, 0) is 168 Å². The highest BCUT2D eigenvalue weighted by atomic mass is 16.7. The molecule has 29 nitrogen and oxygen atoms in total. The molecule has 9 aromatic rings. The van der Waals surface area contributed by atoms with Gasteiger partial charge in [0, 0.05) is 112 Å². The Kier molecular flexibility index (Phi) is 24.8. The molecular weight excluding hydrogens is 1390 g/mol. The molecule has 3 aliphatic heterocycles. The van der Waals surface area contributed by atoms with Crippen LogP contribution in [0.4, 0.5) is 34.9 Å². The molecular formula is C80H96N18O11. The third-order valence-corrected chi connectivity index (χ3v) is 22.0. The lowest BCUT2D eigenvalue weighted by Crippen LogP contribution is -2.36. The molecule has 0 radical (unpaired) electrons. The van der Waals surface area contributed by atoms with Crippen LogP contribution in [0.5, 0.6) is 0 Å². The number of anilines is 6. The predicted molar refractivity (Wildman–Crippen MR) is 414 cm³/mol. The van der Waals surface area contributed by atoms with Gasteiger partial charge in [-0.25, -0.2) is 31.4 Å². The summed E-state index contributed by atoms with van der Waals surface area (Å²) < 4.78 is 5.85. The summed E-state index contributed by atoms with van der Waals surface area (Å²) in [5.41, 5.74) is 13.6. The van der Waals surface area contributed by atoms with E-state index in [2.05, 4.69) is 89.1 Å². The number of piperidine rings is 3. The molecule has 0 spiro atoms. The van der Waals surface area contributed by atoms with Crippen LogP contribution >= 0.6 is 0 Å². The SMILES string of the molecule is CCONC(=O)c1cn(C2CCCC2)c2nc(Nc3ccc(C4CCN(C(C)=O)CC4)cc3)ncc2c1=O.CONC(=O)c1cn(C2CCCC2)c2nc(Nc3ccc(C4CCN(C(C)=O)CC4)cc3)ncc2c1=O.CONC(=O)c1cn(C2CCCC2)c2nc(Nc3ccc(C4CCNCC4)cc3)ncc2c1=O. The van der Waals surface area contributed by atoms with E-state index in [1.165, 1.54) is 49.5 Å². The number of hydrogen-bond donors (Lipinski definition) is 7. The van der Waals surface area contributed by atoms with E-state index in [1.807, 2.05) is 59.9 Å². The van der Waals surface area contributed by atoms with E-state index in [-0.39, 0.29) is 46.6 Å². The average molecular weight is 1490 g/mol. The lowest BCUT2D eigenvalue weighted by molar-refractivity contribution is -0.130. The molecule has 0 atom stereocenters. The summed E-state index contributed by atoms with van der Waals surface area (Å²) in [7, 11) is 2.67. The van der Waals surface area contributed by atoms with Crippen molar-refractivity contribution in [2.24, 2.45) is 0 Å². The Balaban J connectivity index is 0.000000144. The minimum atomic E-state index is -0.588. The van der Waals surface area contributed by atoms with Crippen LogP contribution in [-0.2, 0) is 24.1 Å². The van der Waals surface area contributed by atoms with Crippen molar-refractivity contribution in [2.75, 3.05) is 76.0 Å². The van der Waals surface area contributed by atoms with Crippen molar-refractivity contribution in [3.05, 3.63) is 174 Å². The molecule has 0 unspecified atom stereocenters. The van der Waals surface area contributed by atoms with Gasteiger partial charge in [0.1, 0.15) is 33.6 Å². The van der Waals surface area contributed by atoms with Crippen LogP contribution in [0.1, 0.15) is 220 Å². The summed E-state index contributed by atoms with van der Waals surface area (Å²) in [6.45, 7) is 10.6. The number of hydroxylamine groups is 3. The molecule has 9 heterocycles. The van der Waals surface area contributed by atoms with Crippen LogP contribution in [0.2, 0.25) is 0 Å². The summed E-state index contributed by atoms with van der Waals surface area (Å²) in [6.07, 6.45) is 27.9. The molecule has 6 fully saturated rings. The van der Waals surface area contributed by atoms with E-state index in [9.17, 15) is 38.4 Å². The lowest BCUT2D eigenvalue weighted by Gasteiger charge is -2.31. The minimum Gasteiger partial charge on any atom is -0.343 e. The molecule has 3 aromatic carbocycles. The number of pyridine rings is 3. The van der Waals surface area contributed by atoms with Crippen LogP contribution in [0, 0.1) is 0 Å². The van der Waals surface area contributed by atoms with E-state index >= 15 is 0 Å². The van der Waals surface area contributed by atoms with Gasteiger partial charge in [0.2, 0.25) is 45.9 Å². The Morgan fingerprint density at radius 2 is 0.716 bits per heavy atom. The minimum absolute atomic E-state index is 0.00952. The van der Waals surface area contributed by atoms with Crippen LogP contribution in [-0.4, -0.2) is 143 Å². The molecule has 0 bridgehead atoms. The highest BCUT2D eigenvalue weighted by Crippen LogP contribution is 2.37. The zero-order valence-corrected chi connectivity index (χ0v) is 62.4. The zero-order valence-electron chi connectivity index (χ0n) is 62.4. The van der Waals surface area contributed by atoms with Crippen molar-refractivity contribution < 1.29 is 38.5 Å². The maximum Gasteiger partial charge on any atom is 0.280 e. The summed E-state index contributed by atoms with van der Waals surface area (Å²) in [5, 5.41) is 14.1. The Morgan fingerprint density at radius 1 is 0.422 bits per heavy atom. The number of carbonyl (C=O) groups excluding carboxylic acids is 5. The third-order valence-electron chi connectivity index (χ3n) is 22.0. The van der Waals surface area contributed by atoms with Crippen molar-refractivity contribution in [3.63, 3.8) is 0 Å². The first kappa shape index (κ1) is 76.3. The van der Waals surface area contributed by atoms with Gasteiger partial charge < -0.3 is 44.8 Å². The monoisotopic (exact) mass is 1480 g/mol. The summed E-state index contributed by atoms with van der Waals surface area (Å²) >= 11 is 0. The average Bonchev–Trinajstić information content (AvgIpc) is 1.66. The number of nitrogens with zero attached hydrogens (tertiary/aromatic N) is 11. The third kappa shape index (κ3) is 18.0. The largest absolute Gasteiger partial charge is 0.343 e. The van der Waals surface area contributed by atoms with Gasteiger partial charge in [0.15, 0.2) is 0 Å². The molecule has 3 saturated heterocycles. The number of amides is 5. The number of nitrogens with one attached hydrogen (secondary N) is 7. The molecule has 7 N–H and O–H groups in total. The standard InChI is InChI=1S/C28H34N6O4.C27H32N6O4.C25H30N6O3/c1-3-38-32-27(37)24-17-34(22-6-4-5-7-22)26-23(25(24)36)16-29-28(31-26)30-21-10-8-19(9-11-21)20-12-14-33(15-13-20)18(2)35;1-17(34)32-13-11-19(12-14-32)18-7-9-20(10-8-18)29-27-28-15-22-24(35)23(26(36)31-37-2)16-33(25(22)30-27)21-5-3-4-6-21;1-34-30-24(33)21-15-31(19-4-2-3-5-19)23-20(22(21)32)14-27-25(29-23)28-18-8-6-16(7-9-18)17-10-12-26-13-11-17/h8-11,16-17,20,22H,3-7,12-15H2,1-2H3,(H,32,37)(H,29,30,31);7-10,15-16,19,21H,3-6,11-14H2,1-2H3,(H,31,36)(H,28,29,30);6-9,14-15,17,19,26H,2-5,10-13H2,1H3,(H,30,33)(H,27,28,29). The molecule has 5 amide bonds. The van der Waals surface area contributed by atoms with E-state index in [4.69, 9.17) is 29.5 Å². The number of fused-ring (bicyclic) bond motifs is 3. The quantitative estimate of drug-likeness (QED) is 0.0370. The van der Waals surface area contributed by atoms with Crippen LogP contribution in [0.25, 0.3) is 33.1 Å². The Morgan fingerprint density at radius 3 is 1.00 bits per heavy atom. The van der Waals surface area contributed by atoms with E-state index in [0.29, 0.717) is 75.3 Å². The maximum atomic E-state index is 13.2. The Bertz CT molecular complexity index is 4940. The number of benzene rings is 3. The first-order valence-corrected chi connectivity index (χ1v) is 38.2. The fraction of sp³-hybridized carbons (Fsp3) is 0.450. The smallest absolute Gasteiger partial charge is 0.280 e. The second kappa shape index (κ2) is 35.4. The van der Waals surface area contributed by atoms with Gasteiger partial charge in [-0.15, -0.1) is 0 Å². The maximum absolute atomic E-state index is 13.2. The first-order valence-electron chi connectivity index (χ1n) is 38.2. The van der Waals surface area contributed by atoms with Crippen molar-refractivity contribution in [1.29, 1.82) is 0 Å². The van der Waals surface area contributed by atoms with Crippen molar-refractivity contribution in [1.82, 2.24) is 75.2 Å². The molecule has 6 aliphatic rings. The van der Waals surface area contributed by atoms with E-state index in [0.717, 1.165) is 172 Å². The molecule has 572 valence electrons. The van der Waals surface area contributed by atoms with Crippen molar-refractivity contribution in [2.45, 2.75) is 172 Å². The van der Waals surface area contributed by atoms with Crippen LogP contribution in [0.15, 0.2) is 124 Å². The Labute approximate surface area is 630 Å². The van der Waals surface area contributed by atoms with Gasteiger partial charge in [0.05, 0.1) is 37.0 Å². The highest BCUT2D eigenvalue weighted by Gasteiger charge is 2.30. The van der Waals surface area contributed by atoms with Gasteiger partial charge >= 0.3 is 0 Å². The van der Waals surface area contributed by atoms with Crippen molar-refractivity contribution >= 4 is 97.5 Å². The molecule has 3 saturated carbocycles. The zero-order chi connectivity index (χ0) is 76.1. The van der Waals surface area contributed by atoms with E-state index in [1.54, 1.807) is 39.4 Å². The lowest BCUT2D eigenvalue weighted by atomic mass is 9.89. The summed E-state index contributed by atoms with van der Waals surface area (Å²) in [5.74, 6) is 1.21. The summed E-state index contributed by atoms with van der Waals surface area (Å²) in [4.78, 5) is 146. The number of hydrogen-bond acceptors (Lipinski definition) is 21. The van der Waals surface area contributed by atoms with Crippen LogP contribution in [0.3, 0.4) is 0 Å². The normalized spacial score (nSPS) is 16.9. The highest BCUT2D eigenvalue weighted by molar-refractivity contribution is 5.98. The predicted octanol–water partition coefficient (Wildman–Crippen LogP) is 11.1. The fourth-order valence-corrected chi connectivity index (χ4v) is 16.1. The molecule has 109 heavy (non-hydrogen) atoms. The fourth-order valence-electron chi connectivity index (χ4n) is 16.1. The molecule has 6 aromatic heterocycles. The number of carbonyl (C=O) groups is 5.